The van der Waals surface area contributed by atoms with Crippen LogP contribution in [0.3, 0.4) is 0 Å². The van der Waals surface area contributed by atoms with Crippen LogP contribution in [-0.2, 0) is 0 Å². The third kappa shape index (κ3) is 2.80. The van der Waals surface area contributed by atoms with Crippen LogP contribution in [0.25, 0.3) is 11.3 Å². The molecule has 2 aromatic rings. The Kier molecular flexibility index (Phi) is 4.65. The van der Waals surface area contributed by atoms with Crippen molar-refractivity contribution in [2.45, 2.75) is 32.7 Å². The molecule has 20 heavy (non-hydrogen) atoms. The van der Waals surface area contributed by atoms with E-state index in [9.17, 15) is 9.18 Å². The number of carbonyl (C=O) groups is 1. The van der Waals surface area contributed by atoms with Gasteiger partial charge in [0.2, 0.25) is 0 Å². The van der Waals surface area contributed by atoms with E-state index in [0.717, 1.165) is 19.0 Å². The van der Waals surface area contributed by atoms with Gasteiger partial charge < -0.3 is 0 Å². The Morgan fingerprint density at radius 1 is 1.45 bits per heavy atom. The maximum Gasteiger partial charge on any atom is 0.153 e. The minimum atomic E-state index is -0.494. The van der Waals surface area contributed by atoms with Crippen molar-refractivity contribution in [3.05, 3.63) is 34.4 Å². The van der Waals surface area contributed by atoms with Crippen LogP contribution in [0, 0.1) is 5.82 Å². The van der Waals surface area contributed by atoms with Gasteiger partial charge in [-0.05, 0) is 34.8 Å². The van der Waals surface area contributed by atoms with Crippen molar-refractivity contribution in [2.75, 3.05) is 0 Å². The normalized spacial score (nSPS) is 11.1. The van der Waals surface area contributed by atoms with Gasteiger partial charge in [0.15, 0.2) is 12.1 Å². The van der Waals surface area contributed by atoms with Gasteiger partial charge in [-0.15, -0.1) is 0 Å². The fraction of sp³-hybridized carbons (Fsp3) is 0.357. The van der Waals surface area contributed by atoms with E-state index in [1.807, 2.05) is 0 Å². The van der Waals surface area contributed by atoms with Gasteiger partial charge in [0.25, 0.3) is 0 Å². The van der Waals surface area contributed by atoms with Gasteiger partial charge in [-0.25, -0.2) is 9.37 Å². The molecule has 0 unspecified atom stereocenters. The summed E-state index contributed by atoms with van der Waals surface area (Å²) in [5.41, 5.74) is 1.01. The van der Waals surface area contributed by atoms with Crippen LogP contribution in [0.2, 0.25) is 0 Å². The second kappa shape index (κ2) is 6.26. The highest BCUT2D eigenvalue weighted by Crippen LogP contribution is 2.27. The Bertz CT molecular complexity index is 623. The number of aromatic nitrogens is 3. The Morgan fingerprint density at radius 2 is 2.15 bits per heavy atom. The molecule has 106 valence electrons. The van der Waals surface area contributed by atoms with Gasteiger partial charge in [-0.1, -0.05) is 13.8 Å². The lowest BCUT2D eigenvalue weighted by Crippen LogP contribution is -2.07. The number of nitrogens with zero attached hydrogens (tertiary/aromatic N) is 3. The van der Waals surface area contributed by atoms with E-state index in [1.165, 1.54) is 6.07 Å². The Labute approximate surface area is 125 Å². The van der Waals surface area contributed by atoms with Crippen LogP contribution in [0.1, 0.15) is 43.1 Å². The number of pyridine rings is 1. The number of halogens is 2. The van der Waals surface area contributed by atoms with Crippen molar-refractivity contribution in [2.24, 2.45) is 0 Å². The Morgan fingerprint density at radius 3 is 2.75 bits per heavy atom. The number of hydrogen-bond donors (Lipinski definition) is 0. The maximum atomic E-state index is 13.9. The van der Waals surface area contributed by atoms with Crippen molar-refractivity contribution in [3.63, 3.8) is 0 Å². The minimum absolute atomic E-state index is 0.204. The molecule has 0 bridgehead atoms. The van der Waals surface area contributed by atoms with Gasteiger partial charge in [-0.3, -0.25) is 9.48 Å². The average Bonchev–Trinajstić information content (AvgIpc) is 2.87. The van der Waals surface area contributed by atoms with Gasteiger partial charge in [-0.2, -0.15) is 5.10 Å². The fourth-order valence-corrected chi connectivity index (χ4v) is 2.48. The van der Waals surface area contributed by atoms with Gasteiger partial charge in [0, 0.05) is 11.8 Å². The van der Waals surface area contributed by atoms with Crippen LogP contribution in [0.4, 0.5) is 4.39 Å². The fourth-order valence-electron chi connectivity index (χ4n) is 2.15. The SMILES string of the molecule is CCC(CC)n1cc(C=O)c(-c2cc(Br)ncc2F)n1. The van der Waals surface area contributed by atoms with Gasteiger partial charge in [0.05, 0.1) is 17.8 Å². The summed E-state index contributed by atoms with van der Waals surface area (Å²) >= 11 is 3.20. The van der Waals surface area contributed by atoms with Crippen LogP contribution < -0.4 is 0 Å². The Balaban J connectivity index is 2.56. The topological polar surface area (TPSA) is 47.8 Å². The molecule has 0 aliphatic rings. The first kappa shape index (κ1) is 14.8. The molecule has 0 atom stereocenters. The lowest BCUT2D eigenvalue weighted by molar-refractivity contribution is 0.112. The second-order valence-corrected chi connectivity index (χ2v) is 5.30. The molecule has 0 fully saturated rings. The maximum absolute atomic E-state index is 13.9. The molecule has 2 aromatic heterocycles. The van der Waals surface area contributed by atoms with Crippen molar-refractivity contribution in [1.82, 2.24) is 14.8 Å². The summed E-state index contributed by atoms with van der Waals surface area (Å²) < 4.78 is 16.1. The van der Waals surface area contributed by atoms with Crippen molar-refractivity contribution in [3.8, 4) is 11.3 Å². The van der Waals surface area contributed by atoms with Gasteiger partial charge in [0.1, 0.15) is 10.3 Å². The molecule has 0 aliphatic carbocycles. The standard InChI is InChI=1S/C14H15BrFN3O/c1-3-10(4-2)19-7-9(8-20)14(18-19)11-5-13(15)17-6-12(11)16/h5-8,10H,3-4H2,1-2H3. The summed E-state index contributed by atoms with van der Waals surface area (Å²) in [6.07, 6.45) is 5.30. The molecule has 0 amide bonds. The number of hydrogen-bond acceptors (Lipinski definition) is 3. The predicted octanol–water partition coefficient (Wildman–Crippen LogP) is 4.02. The molecule has 0 aliphatic heterocycles. The largest absolute Gasteiger partial charge is 0.298 e. The molecule has 0 N–H and O–H groups in total. The molecular formula is C14H15BrFN3O. The smallest absolute Gasteiger partial charge is 0.153 e. The van der Waals surface area contributed by atoms with E-state index >= 15 is 0 Å². The van der Waals surface area contributed by atoms with Crippen LogP contribution in [-0.4, -0.2) is 21.1 Å². The summed E-state index contributed by atoms with van der Waals surface area (Å²) in [7, 11) is 0. The summed E-state index contributed by atoms with van der Waals surface area (Å²) in [5, 5.41) is 4.39. The monoisotopic (exact) mass is 339 g/mol. The molecule has 2 heterocycles. The van der Waals surface area contributed by atoms with E-state index in [4.69, 9.17) is 0 Å². The summed E-state index contributed by atoms with van der Waals surface area (Å²) in [6.45, 7) is 4.11. The van der Waals surface area contributed by atoms with Gasteiger partial charge >= 0.3 is 0 Å². The lowest BCUT2D eigenvalue weighted by atomic mass is 10.1. The zero-order valence-corrected chi connectivity index (χ0v) is 12.9. The number of carbonyl (C=O) groups excluding carboxylic acids is 1. The first-order valence-electron chi connectivity index (χ1n) is 6.46. The molecule has 0 saturated carbocycles. The van der Waals surface area contributed by atoms with E-state index in [1.54, 1.807) is 10.9 Å². The number of aldehydes is 1. The van der Waals surface area contributed by atoms with E-state index < -0.39 is 5.82 Å². The van der Waals surface area contributed by atoms with Crippen LogP contribution >= 0.6 is 15.9 Å². The zero-order valence-electron chi connectivity index (χ0n) is 11.3. The quantitative estimate of drug-likeness (QED) is 0.610. The molecule has 6 heteroatoms. The molecular weight excluding hydrogens is 325 g/mol. The van der Waals surface area contributed by atoms with Crippen molar-refractivity contribution < 1.29 is 9.18 Å². The minimum Gasteiger partial charge on any atom is -0.298 e. The highest BCUT2D eigenvalue weighted by molar-refractivity contribution is 9.10. The van der Waals surface area contributed by atoms with E-state index in [-0.39, 0.29) is 11.6 Å². The molecule has 4 nitrogen and oxygen atoms in total. The first-order chi connectivity index (χ1) is 9.60. The summed E-state index contributed by atoms with van der Waals surface area (Å²) in [5.74, 6) is -0.494. The molecule has 0 aromatic carbocycles. The molecule has 0 radical (unpaired) electrons. The molecule has 0 saturated heterocycles. The van der Waals surface area contributed by atoms with Crippen LogP contribution in [0.15, 0.2) is 23.1 Å². The average molecular weight is 340 g/mol. The summed E-state index contributed by atoms with van der Waals surface area (Å²) in [4.78, 5) is 15.0. The molecule has 0 spiro atoms. The lowest BCUT2D eigenvalue weighted by Gasteiger charge is -2.12. The second-order valence-electron chi connectivity index (χ2n) is 4.49. The van der Waals surface area contributed by atoms with Crippen LogP contribution in [0.5, 0.6) is 0 Å². The zero-order chi connectivity index (χ0) is 14.7. The molecule has 2 rings (SSSR count). The predicted molar refractivity (Wildman–Crippen MR) is 78.1 cm³/mol. The van der Waals surface area contributed by atoms with Crippen molar-refractivity contribution in [1.29, 1.82) is 0 Å². The summed E-state index contributed by atoms with van der Waals surface area (Å²) in [6, 6.07) is 1.73. The Hall–Kier alpha value is -1.56. The highest BCUT2D eigenvalue weighted by atomic mass is 79.9. The van der Waals surface area contributed by atoms with E-state index in [0.29, 0.717) is 22.1 Å². The third-order valence-corrected chi connectivity index (χ3v) is 3.71. The van der Waals surface area contributed by atoms with Crippen molar-refractivity contribution >= 4 is 22.2 Å². The third-order valence-electron chi connectivity index (χ3n) is 3.28. The first-order valence-corrected chi connectivity index (χ1v) is 7.25. The highest BCUT2D eigenvalue weighted by Gasteiger charge is 2.18. The number of rotatable bonds is 5. The van der Waals surface area contributed by atoms with E-state index in [2.05, 4.69) is 39.9 Å².